The van der Waals surface area contributed by atoms with Crippen LogP contribution in [0.2, 0.25) is 5.15 Å². The van der Waals surface area contributed by atoms with E-state index in [1.54, 1.807) is 17.4 Å². The van der Waals surface area contributed by atoms with E-state index in [0.29, 0.717) is 17.3 Å². The quantitative estimate of drug-likeness (QED) is 0.514. The zero-order valence-corrected chi connectivity index (χ0v) is 14.7. The van der Waals surface area contributed by atoms with E-state index in [4.69, 9.17) is 11.6 Å². The average Bonchev–Trinajstić information content (AvgIpc) is 3.07. The van der Waals surface area contributed by atoms with Crippen LogP contribution in [0.25, 0.3) is 10.9 Å². The molecule has 118 valence electrons. The number of aromatic nitrogens is 1. The summed E-state index contributed by atoms with van der Waals surface area (Å²) in [6, 6.07) is 11.3. The first-order valence-electron chi connectivity index (χ1n) is 7.16. The van der Waals surface area contributed by atoms with E-state index >= 15 is 0 Å². The molecule has 0 aliphatic rings. The molecule has 1 amide bonds. The Morgan fingerprint density at radius 1 is 1.30 bits per heavy atom. The van der Waals surface area contributed by atoms with Gasteiger partial charge in [-0.3, -0.25) is 4.79 Å². The standard InChI is InChI=1S/C17H15ClN2OS2/c18-16-9-14(13-3-1-2-4-15(13)20-16)17(21)19-6-8-23-11-12-5-7-22-10-12/h1-5,7,9-10H,6,8,11H2,(H,19,21). The Labute approximate surface area is 148 Å². The summed E-state index contributed by atoms with van der Waals surface area (Å²) in [6.07, 6.45) is 0. The van der Waals surface area contributed by atoms with Gasteiger partial charge in [0.15, 0.2) is 0 Å². The van der Waals surface area contributed by atoms with Gasteiger partial charge in [0.05, 0.1) is 11.1 Å². The van der Waals surface area contributed by atoms with E-state index in [1.165, 1.54) is 5.56 Å². The fourth-order valence-electron chi connectivity index (χ4n) is 2.23. The second-order valence-corrected chi connectivity index (χ2v) is 7.22. The van der Waals surface area contributed by atoms with Crippen molar-refractivity contribution in [2.45, 2.75) is 5.75 Å². The molecular formula is C17H15ClN2OS2. The van der Waals surface area contributed by atoms with Gasteiger partial charge >= 0.3 is 0 Å². The lowest BCUT2D eigenvalue weighted by Crippen LogP contribution is -2.26. The number of hydrogen-bond donors (Lipinski definition) is 1. The van der Waals surface area contributed by atoms with Crippen molar-refractivity contribution in [3.8, 4) is 0 Å². The smallest absolute Gasteiger partial charge is 0.252 e. The van der Waals surface area contributed by atoms with Gasteiger partial charge in [-0.05, 0) is 34.5 Å². The molecule has 3 rings (SSSR count). The lowest BCUT2D eigenvalue weighted by Gasteiger charge is -2.08. The van der Waals surface area contributed by atoms with Gasteiger partial charge < -0.3 is 5.32 Å². The molecule has 23 heavy (non-hydrogen) atoms. The maximum Gasteiger partial charge on any atom is 0.252 e. The van der Waals surface area contributed by atoms with Gasteiger partial charge in [0.2, 0.25) is 0 Å². The number of hydrogen-bond acceptors (Lipinski definition) is 4. The van der Waals surface area contributed by atoms with E-state index in [9.17, 15) is 4.79 Å². The summed E-state index contributed by atoms with van der Waals surface area (Å²) < 4.78 is 0. The van der Waals surface area contributed by atoms with E-state index in [-0.39, 0.29) is 5.91 Å². The molecule has 2 heterocycles. The van der Waals surface area contributed by atoms with E-state index in [2.05, 4.69) is 27.1 Å². The number of benzene rings is 1. The van der Waals surface area contributed by atoms with Crippen LogP contribution in [0.5, 0.6) is 0 Å². The van der Waals surface area contributed by atoms with Crippen LogP contribution >= 0.6 is 34.7 Å². The summed E-state index contributed by atoms with van der Waals surface area (Å²) in [4.78, 5) is 16.6. The van der Waals surface area contributed by atoms with Crippen LogP contribution < -0.4 is 5.32 Å². The van der Waals surface area contributed by atoms with Gasteiger partial charge in [-0.1, -0.05) is 29.8 Å². The van der Waals surface area contributed by atoms with Gasteiger partial charge in [-0.25, -0.2) is 4.98 Å². The number of amides is 1. The molecule has 1 N–H and O–H groups in total. The summed E-state index contributed by atoms with van der Waals surface area (Å²) in [5.41, 5.74) is 2.64. The molecule has 0 aliphatic heterocycles. The van der Waals surface area contributed by atoms with Gasteiger partial charge in [0, 0.05) is 23.4 Å². The van der Waals surface area contributed by atoms with Gasteiger partial charge in [-0.2, -0.15) is 23.1 Å². The minimum Gasteiger partial charge on any atom is -0.351 e. The van der Waals surface area contributed by atoms with Crippen molar-refractivity contribution in [1.29, 1.82) is 0 Å². The second-order valence-electron chi connectivity index (χ2n) is 4.95. The number of carbonyl (C=O) groups is 1. The third-order valence-corrected chi connectivity index (χ3v) is 5.27. The number of thiophene rings is 1. The van der Waals surface area contributed by atoms with Crippen molar-refractivity contribution in [3.05, 3.63) is 63.4 Å². The highest BCUT2D eigenvalue weighted by Gasteiger charge is 2.11. The largest absolute Gasteiger partial charge is 0.351 e. The Morgan fingerprint density at radius 2 is 2.17 bits per heavy atom. The van der Waals surface area contributed by atoms with Crippen molar-refractivity contribution in [2.75, 3.05) is 12.3 Å². The first-order valence-corrected chi connectivity index (χ1v) is 9.64. The highest BCUT2D eigenvalue weighted by atomic mass is 35.5. The number of nitrogens with zero attached hydrogens (tertiary/aromatic N) is 1. The average molecular weight is 363 g/mol. The maximum absolute atomic E-state index is 12.4. The monoisotopic (exact) mass is 362 g/mol. The number of fused-ring (bicyclic) bond motifs is 1. The van der Waals surface area contributed by atoms with E-state index < -0.39 is 0 Å². The molecule has 0 saturated carbocycles. The third-order valence-electron chi connectivity index (χ3n) is 3.31. The molecule has 0 unspecified atom stereocenters. The molecule has 0 saturated heterocycles. The Hall–Kier alpha value is -1.56. The lowest BCUT2D eigenvalue weighted by atomic mass is 10.1. The molecule has 0 aliphatic carbocycles. The fourth-order valence-corrected chi connectivity index (χ4v) is 4.01. The number of carbonyl (C=O) groups excluding carboxylic acids is 1. The molecule has 0 fully saturated rings. The first kappa shape index (κ1) is 16.3. The zero-order chi connectivity index (χ0) is 16.1. The molecular weight excluding hydrogens is 348 g/mol. The molecule has 3 aromatic rings. The summed E-state index contributed by atoms with van der Waals surface area (Å²) in [5.74, 6) is 1.74. The minimum absolute atomic E-state index is 0.110. The molecule has 3 nitrogen and oxygen atoms in total. The Kier molecular flexibility index (Phi) is 5.54. The highest BCUT2D eigenvalue weighted by molar-refractivity contribution is 7.98. The van der Waals surface area contributed by atoms with Crippen molar-refractivity contribution in [3.63, 3.8) is 0 Å². The molecule has 0 radical (unpaired) electrons. The Bertz CT molecular complexity index is 805. The number of rotatable bonds is 6. The number of thioether (sulfide) groups is 1. The SMILES string of the molecule is O=C(NCCSCc1ccsc1)c1cc(Cl)nc2ccccc12. The van der Waals surface area contributed by atoms with Crippen LogP contribution in [0.4, 0.5) is 0 Å². The molecule has 2 aromatic heterocycles. The minimum atomic E-state index is -0.110. The summed E-state index contributed by atoms with van der Waals surface area (Å²) >= 11 is 9.53. The number of halogens is 1. The topological polar surface area (TPSA) is 42.0 Å². The molecule has 0 spiro atoms. The van der Waals surface area contributed by atoms with Crippen LogP contribution in [0.1, 0.15) is 15.9 Å². The van der Waals surface area contributed by atoms with Gasteiger partial charge in [-0.15, -0.1) is 0 Å². The first-order chi connectivity index (χ1) is 11.2. The summed E-state index contributed by atoms with van der Waals surface area (Å²) in [7, 11) is 0. The van der Waals surface area contributed by atoms with Crippen LogP contribution in [0.3, 0.4) is 0 Å². The van der Waals surface area contributed by atoms with Gasteiger partial charge in [0.25, 0.3) is 5.91 Å². The van der Waals surface area contributed by atoms with Crippen molar-refractivity contribution in [2.24, 2.45) is 0 Å². The predicted octanol–water partition coefficient (Wildman–Crippen LogP) is 4.61. The fraction of sp³-hybridized carbons (Fsp3) is 0.176. The Balaban J connectivity index is 1.58. The zero-order valence-electron chi connectivity index (χ0n) is 12.3. The number of nitrogens with one attached hydrogen (secondary N) is 1. The normalized spacial score (nSPS) is 10.8. The third kappa shape index (κ3) is 4.25. The lowest BCUT2D eigenvalue weighted by molar-refractivity contribution is 0.0958. The van der Waals surface area contributed by atoms with Crippen molar-refractivity contribution >= 4 is 51.5 Å². The molecule has 0 atom stereocenters. The number of pyridine rings is 1. The maximum atomic E-state index is 12.4. The van der Waals surface area contributed by atoms with E-state index in [1.807, 2.05) is 36.0 Å². The predicted molar refractivity (Wildman–Crippen MR) is 99.6 cm³/mol. The van der Waals surface area contributed by atoms with E-state index in [0.717, 1.165) is 22.4 Å². The van der Waals surface area contributed by atoms with Crippen LogP contribution in [-0.4, -0.2) is 23.2 Å². The molecule has 6 heteroatoms. The summed E-state index contributed by atoms with van der Waals surface area (Å²) in [6.45, 7) is 0.627. The second kappa shape index (κ2) is 7.81. The van der Waals surface area contributed by atoms with Gasteiger partial charge in [0.1, 0.15) is 5.15 Å². The van der Waals surface area contributed by atoms with Crippen LogP contribution in [0, 0.1) is 0 Å². The molecule has 0 bridgehead atoms. The van der Waals surface area contributed by atoms with Crippen LogP contribution in [0.15, 0.2) is 47.2 Å². The highest BCUT2D eigenvalue weighted by Crippen LogP contribution is 2.20. The summed E-state index contributed by atoms with van der Waals surface area (Å²) in [5, 5.41) is 8.34. The van der Waals surface area contributed by atoms with Crippen molar-refractivity contribution < 1.29 is 4.79 Å². The molecule has 1 aromatic carbocycles. The Morgan fingerprint density at radius 3 is 3.00 bits per heavy atom. The van der Waals surface area contributed by atoms with Crippen LogP contribution in [-0.2, 0) is 5.75 Å². The van der Waals surface area contributed by atoms with Crippen molar-refractivity contribution in [1.82, 2.24) is 10.3 Å². The number of para-hydroxylation sites is 1.